The number of rotatable bonds is 4. The number of hydrogen-bond acceptors (Lipinski definition) is 4. The summed E-state index contributed by atoms with van der Waals surface area (Å²) in [5.41, 5.74) is 10.6. The molecule has 0 N–H and O–H groups in total. The molecule has 240 valence electrons. The van der Waals surface area contributed by atoms with Gasteiger partial charge in [0.1, 0.15) is 11.2 Å². The van der Waals surface area contributed by atoms with Gasteiger partial charge in [-0.2, -0.15) is 0 Å². The maximum Gasteiger partial charge on any atom is 0.164 e. The van der Waals surface area contributed by atoms with Crippen molar-refractivity contribution in [2.24, 2.45) is 0 Å². The first kappa shape index (κ1) is 27.7. The molecule has 0 radical (unpaired) electrons. The summed E-state index contributed by atoms with van der Waals surface area (Å²) in [6.45, 7) is 0. The first-order valence-electron chi connectivity index (χ1n) is 17.5. The summed E-state index contributed by atoms with van der Waals surface area (Å²) in [4.78, 5) is 15.0. The minimum Gasteiger partial charge on any atom is -0.456 e. The molecular formula is C47H26N4O. The van der Waals surface area contributed by atoms with Crippen LogP contribution in [0.15, 0.2) is 162 Å². The lowest BCUT2D eigenvalue weighted by Gasteiger charge is -2.12. The smallest absolute Gasteiger partial charge is 0.164 e. The Morgan fingerprint density at radius 1 is 0.365 bits per heavy atom. The Bertz CT molecular complexity index is 3280. The van der Waals surface area contributed by atoms with E-state index in [-0.39, 0.29) is 0 Å². The Morgan fingerprint density at radius 2 is 0.981 bits per heavy atom. The van der Waals surface area contributed by atoms with Crippen LogP contribution in [0, 0.1) is 0 Å². The maximum absolute atomic E-state index is 6.43. The summed E-state index contributed by atoms with van der Waals surface area (Å²) in [5, 5.41) is 9.74. The van der Waals surface area contributed by atoms with E-state index in [1.807, 2.05) is 30.3 Å². The molecule has 52 heavy (non-hydrogen) atoms. The molecule has 1 aliphatic rings. The van der Waals surface area contributed by atoms with Crippen LogP contribution in [0.2, 0.25) is 0 Å². The summed E-state index contributed by atoms with van der Waals surface area (Å²) >= 11 is 0. The number of hydrogen-bond donors (Lipinski definition) is 0. The van der Waals surface area contributed by atoms with Gasteiger partial charge in [0.25, 0.3) is 0 Å². The normalized spacial score (nSPS) is 12.2. The third kappa shape index (κ3) is 3.79. The van der Waals surface area contributed by atoms with E-state index in [9.17, 15) is 0 Å². The van der Waals surface area contributed by atoms with Crippen molar-refractivity contribution in [3.8, 4) is 51.0 Å². The molecule has 0 fully saturated rings. The van der Waals surface area contributed by atoms with Crippen LogP contribution in [-0.4, -0.2) is 19.5 Å². The van der Waals surface area contributed by atoms with E-state index in [0.717, 1.165) is 38.9 Å². The quantitative estimate of drug-likeness (QED) is 0.188. The van der Waals surface area contributed by atoms with Crippen LogP contribution in [0.1, 0.15) is 0 Å². The molecule has 11 aromatic rings. The average molecular weight is 663 g/mol. The number of fused-ring (bicyclic) bond motifs is 2. The Balaban J connectivity index is 1.06. The van der Waals surface area contributed by atoms with Crippen molar-refractivity contribution in [2.45, 2.75) is 0 Å². The monoisotopic (exact) mass is 662 g/mol. The van der Waals surface area contributed by atoms with E-state index in [1.165, 1.54) is 59.9 Å². The number of nitrogens with zero attached hydrogens (tertiary/aromatic N) is 4. The van der Waals surface area contributed by atoms with E-state index in [2.05, 4.69) is 132 Å². The lowest BCUT2D eigenvalue weighted by atomic mass is 9.98. The van der Waals surface area contributed by atoms with Gasteiger partial charge in [-0.1, -0.05) is 103 Å². The fourth-order valence-electron chi connectivity index (χ4n) is 8.44. The van der Waals surface area contributed by atoms with Gasteiger partial charge in [0.2, 0.25) is 0 Å². The van der Waals surface area contributed by atoms with E-state index >= 15 is 0 Å². The average Bonchev–Trinajstić information content (AvgIpc) is 3.73. The largest absolute Gasteiger partial charge is 0.456 e. The van der Waals surface area contributed by atoms with Gasteiger partial charge < -0.3 is 8.98 Å². The maximum atomic E-state index is 6.43. The third-order valence-corrected chi connectivity index (χ3v) is 10.7. The zero-order chi connectivity index (χ0) is 33.9. The van der Waals surface area contributed by atoms with Crippen molar-refractivity contribution in [3.63, 3.8) is 0 Å². The highest BCUT2D eigenvalue weighted by atomic mass is 16.3. The molecule has 0 atom stereocenters. The molecule has 0 saturated heterocycles. The summed E-state index contributed by atoms with van der Waals surface area (Å²) < 4.78 is 8.82. The van der Waals surface area contributed by atoms with Crippen molar-refractivity contribution in [2.75, 3.05) is 0 Å². The third-order valence-electron chi connectivity index (χ3n) is 10.7. The second-order valence-electron chi connectivity index (χ2n) is 13.6. The lowest BCUT2D eigenvalue weighted by molar-refractivity contribution is 0.669. The van der Waals surface area contributed by atoms with Crippen LogP contribution < -0.4 is 0 Å². The second-order valence-corrected chi connectivity index (χ2v) is 13.6. The predicted octanol–water partition coefficient (Wildman–Crippen LogP) is 12.2. The highest BCUT2D eigenvalue weighted by molar-refractivity contribution is 6.37. The second kappa shape index (κ2) is 10.2. The van der Waals surface area contributed by atoms with Crippen LogP contribution in [0.5, 0.6) is 0 Å². The molecule has 12 rings (SSSR count). The van der Waals surface area contributed by atoms with Gasteiger partial charge >= 0.3 is 0 Å². The molecule has 3 aromatic heterocycles. The van der Waals surface area contributed by atoms with Gasteiger partial charge in [-0.05, 0) is 81.9 Å². The molecule has 0 saturated carbocycles. The van der Waals surface area contributed by atoms with Gasteiger partial charge in [-0.25, -0.2) is 15.0 Å². The Morgan fingerprint density at radius 3 is 1.81 bits per heavy atom. The highest BCUT2D eigenvalue weighted by Crippen LogP contribution is 2.50. The molecule has 1 aliphatic carbocycles. The number of benzene rings is 8. The van der Waals surface area contributed by atoms with Gasteiger partial charge in [-0.15, -0.1) is 0 Å². The topological polar surface area (TPSA) is 56.7 Å². The first-order valence-corrected chi connectivity index (χ1v) is 17.5. The zero-order valence-corrected chi connectivity index (χ0v) is 27.7. The fraction of sp³-hybridized carbons (Fsp3) is 0. The highest BCUT2D eigenvalue weighted by Gasteiger charge is 2.26. The van der Waals surface area contributed by atoms with Gasteiger partial charge in [-0.3, -0.25) is 0 Å². The van der Waals surface area contributed by atoms with Crippen molar-refractivity contribution < 1.29 is 4.42 Å². The SMILES string of the molecule is c1ccc(-c2nc(-c3ccc(-n4c5cccc6c5c5c7c(ccc8oc9cccc-6c9c87)ccc54)cc3)nc(-c3ccc4ccccc4c3)n2)cc1. The lowest BCUT2D eigenvalue weighted by Crippen LogP contribution is -2.00. The minimum absolute atomic E-state index is 0.636. The van der Waals surface area contributed by atoms with Gasteiger partial charge in [0.05, 0.1) is 11.0 Å². The predicted molar refractivity (Wildman–Crippen MR) is 212 cm³/mol. The fourth-order valence-corrected chi connectivity index (χ4v) is 8.44. The molecule has 3 heterocycles. The van der Waals surface area contributed by atoms with E-state index in [0.29, 0.717) is 17.5 Å². The van der Waals surface area contributed by atoms with E-state index < -0.39 is 0 Å². The molecule has 0 unspecified atom stereocenters. The molecular weight excluding hydrogens is 637 g/mol. The minimum atomic E-state index is 0.636. The van der Waals surface area contributed by atoms with Crippen molar-refractivity contribution in [1.29, 1.82) is 0 Å². The van der Waals surface area contributed by atoms with Crippen LogP contribution in [0.3, 0.4) is 0 Å². The molecule has 5 heteroatoms. The van der Waals surface area contributed by atoms with Crippen molar-refractivity contribution >= 4 is 65.3 Å². The number of furan rings is 1. The summed E-state index contributed by atoms with van der Waals surface area (Å²) in [6.07, 6.45) is 0. The zero-order valence-electron chi connectivity index (χ0n) is 27.7. The molecule has 5 nitrogen and oxygen atoms in total. The van der Waals surface area contributed by atoms with Crippen molar-refractivity contribution in [1.82, 2.24) is 19.5 Å². The Kier molecular flexibility index (Phi) is 5.44. The Hall–Kier alpha value is -7.11. The molecule has 0 bridgehead atoms. The van der Waals surface area contributed by atoms with Crippen molar-refractivity contribution in [3.05, 3.63) is 158 Å². The summed E-state index contributed by atoms with van der Waals surface area (Å²) in [6, 6.07) is 55.4. The first-order chi connectivity index (χ1) is 25.8. The summed E-state index contributed by atoms with van der Waals surface area (Å²) in [7, 11) is 0. The van der Waals surface area contributed by atoms with Gasteiger partial charge in [0.15, 0.2) is 17.5 Å². The van der Waals surface area contributed by atoms with Crippen LogP contribution in [0.4, 0.5) is 0 Å². The van der Waals surface area contributed by atoms with E-state index in [4.69, 9.17) is 19.4 Å². The Labute approximate surface area is 297 Å². The van der Waals surface area contributed by atoms with Crippen LogP contribution in [0.25, 0.3) is 116 Å². The van der Waals surface area contributed by atoms with E-state index in [1.54, 1.807) is 0 Å². The van der Waals surface area contributed by atoms with Crippen LogP contribution >= 0.6 is 0 Å². The molecule has 0 aliphatic heterocycles. The van der Waals surface area contributed by atoms with Gasteiger partial charge in [0, 0.05) is 49.3 Å². The summed E-state index contributed by atoms with van der Waals surface area (Å²) in [5.74, 6) is 1.93. The molecule has 0 amide bonds. The number of aromatic nitrogens is 4. The molecule has 8 aromatic carbocycles. The van der Waals surface area contributed by atoms with Crippen LogP contribution in [-0.2, 0) is 0 Å². The molecule has 0 spiro atoms. The standard InChI is InChI=1S/C47H26N4O/c1-2-9-29(10-3-1)45-48-46(50-47(49-45)32-17-16-27-8-4-5-11-31(27)26-32)30-18-22-33(23-19-30)51-36-14-6-12-34-35-13-7-15-38-42(35)44-39(52-38)25-21-28-20-24-37(51)43(40(28)44)41(34)36/h1-26H.